The number of carbonyl (C=O) groups excluding carboxylic acids is 3. The number of azide groups is 1. The van der Waals surface area contributed by atoms with Gasteiger partial charge in [0.2, 0.25) is 5.91 Å². The Kier molecular flexibility index (Phi) is 8.10. The molecule has 10 nitrogen and oxygen atoms in total. The minimum atomic E-state index is -0.492. The second kappa shape index (κ2) is 11.6. The molecule has 0 atom stereocenters. The number of carbonyl (C=O) groups is 3. The SMILES string of the molecule is [N-]=[N+]=Nc1ccc(C=C(NC(=O)c2ccccc2)C(=O)NCCCC(=O)n2ccnc2)cc1. The number of aromatic nitrogens is 2. The van der Waals surface area contributed by atoms with Crippen LogP contribution in [0.4, 0.5) is 5.69 Å². The average Bonchev–Trinajstić information content (AvgIpc) is 3.38. The first kappa shape index (κ1) is 23.0. The first-order valence-electron chi connectivity index (χ1n) is 10.1. The molecule has 33 heavy (non-hydrogen) atoms. The predicted molar refractivity (Wildman–Crippen MR) is 122 cm³/mol. The highest BCUT2D eigenvalue weighted by atomic mass is 16.2. The van der Waals surface area contributed by atoms with Crippen LogP contribution in [0.3, 0.4) is 0 Å². The number of nitrogens with zero attached hydrogens (tertiary/aromatic N) is 5. The summed E-state index contributed by atoms with van der Waals surface area (Å²) in [5.74, 6) is -1.05. The Hall–Kier alpha value is -4.69. The molecule has 0 saturated carbocycles. The van der Waals surface area contributed by atoms with E-state index in [1.54, 1.807) is 60.8 Å². The highest BCUT2D eigenvalue weighted by molar-refractivity contribution is 6.05. The Morgan fingerprint density at radius 2 is 1.85 bits per heavy atom. The molecule has 2 N–H and O–H groups in total. The van der Waals surface area contributed by atoms with Crippen LogP contribution in [0.5, 0.6) is 0 Å². The Bertz CT molecular complexity index is 1180. The average molecular weight is 443 g/mol. The van der Waals surface area contributed by atoms with Crippen molar-refractivity contribution in [3.05, 3.63) is 101 Å². The van der Waals surface area contributed by atoms with E-state index in [4.69, 9.17) is 5.53 Å². The quantitative estimate of drug-likeness (QED) is 0.170. The molecule has 3 aromatic rings. The van der Waals surface area contributed by atoms with Crippen molar-refractivity contribution in [2.24, 2.45) is 5.11 Å². The molecule has 0 spiro atoms. The Morgan fingerprint density at radius 1 is 1.09 bits per heavy atom. The van der Waals surface area contributed by atoms with Crippen molar-refractivity contribution < 1.29 is 14.4 Å². The van der Waals surface area contributed by atoms with Gasteiger partial charge in [-0.1, -0.05) is 47.6 Å². The van der Waals surface area contributed by atoms with Gasteiger partial charge in [-0.3, -0.25) is 19.0 Å². The van der Waals surface area contributed by atoms with E-state index in [0.29, 0.717) is 23.2 Å². The molecule has 0 radical (unpaired) electrons. The van der Waals surface area contributed by atoms with Crippen LogP contribution in [0.25, 0.3) is 16.5 Å². The van der Waals surface area contributed by atoms with Gasteiger partial charge in [0.05, 0.1) is 0 Å². The van der Waals surface area contributed by atoms with Gasteiger partial charge in [-0.2, -0.15) is 0 Å². The van der Waals surface area contributed by atoms with E-state index in [0.717, 1.165) is 0 Å². The first-order chi connectivity index (χ1) is 16.1. The van der Waals surface area contributed by atoms with E-state index in [2.05, 4.69) is 25.6 Å². The van der Waals surface area contributed by atoms with Crippen molar-refractivity contribution in [2.75, 3.05) is 6.54 Å². The lowest BCUT2D eigenvalue weighted by Crippen LogP contribution is -2.35. The summed E-state index contributed by atoms with van der Waals surface area (Å²) < 4.78 is 1.38. The molecular formula is C23H21N7O3. The van der Waals surface area contributed by atoms with Crippen LogP contribution in [0.2, 0.25) is 0 Å². The summed E-state index contributed by atoms with van der Waals surface area (Å²) in [6.45, 7) is 0.244. The van der Waals surface area contributed by atoms with Crippen molar-refractivity contribution in [1.29, 1.82) is 0 Å². The maximum atomic E-state index is 12.8. The summed E-state index contributed by atoms with van der Waals surface area (Å²) in [5.41, 5.74) is 10.0. The molecule has 0 aliphatic carbocycles. The Balaban J connectivity index is 1.68. The number of imidazole rings is 1. The topological polar surface area (TPSA) is 142 Å². The van der Waals surface area contributed by atoms with Crippen molar-refractivity contribution in [1.82, 2.24) is 20.2 Å². The highest BCUT2D eigenvalue weighted by Crippen LogP contribution is 2.15. The predicted octanol–water partition coefficient (Wildman–Crippen LogP) is 3.83. The van der Waals surface area contributed by atoms with Crippen LogP contribution in [0.1, 0.15) is 33.6 Å². The van der Waals surface area contributed by atoms with Crippen LogP contribution in [0, 0.1) is 0 Å². The number of benzene rings is 2. The van der Waals surface area contributed by atoms with Crippen LogP contribution in [0.15, 0.2) is 84.1 Å². The zero-order valence-electron chi connectivity index (χ0n) is 17.6. The van der Waals surface area contributed by atoms with Crippen LogP contribution in [-0.4, -0.2) is 33.8 Å². The normalized spacial score (nSPS) is 10.7. The largest absolute Gasteiger partial charge is 0.351 e. The number of rotatable bonds is 9. The molecule has 10 heteroatoms. The van der Waals surface area contributed by atoms with E-state index >= 15 is 0 Å². The molecule has 0 bridgehead atoms. The molecular weight excluding hydrogens is 422 g/mol. The second-order valence-corrected chi connectivity index (χ2v) is 6.88. The molecule has 0 unspecified atom stereocenters. The zero-order valence-corrected chi connectivity index (χ0v) is 17.6. The smallest absolute Gasteiger partial charge is 0.267 e. The van der Waals surface area contributed by atoms with Crippen molar-refractivity contribution in [2.45, 2.75) is 12.8 Å². The van der Waals surface area contributed by atoms with Gasteiger partial charge in [0, 0.05) is 41.5 Å². The molecule has 1 heterocycles. The minimum Gasteiger partial charge on any atom is -0.351 e. The monoisotopic (exact) mass is 443 g/mol. The van der Waals surface area contributed by atoms with Crippen LogP contribution >= 0.6 is 0 Å². The molecule has 0 fully saturated rings. The van der Waals surface area contributed by atoms with Crippen molar-refractivity contribution >= 4 is 29.5 Å². The Labute approximate surface area is 189 Å². The first-order valence-corrected chi connectivity index (χ1v) is 10.1. The molecule has 0 aliphatic rings. The van der Waals surface area contributed by atoms with E-state index in [9.17, 15) is 14.4 Å². The standard InChI is InChI=1S/C23H21N7O3/c24-29-28-19-10-8-17(9-11-19)15-20(27-22(32)18-5-2-1-3-6-18)23(33)26-12-4-7-21(31)30-14-13-25-16-30/h1-3,5-6,8-11,13-16H,4,7,12H2,(H,26,33)(H,27,32). The third kappa shape index (κ3) is 6.91. The maximum absolute atomic E-state index is 12.8. The van der Waals surface area contributed by atoms with Gasteiger partial charge in [0.25, 0.3) is 11.8 Å². The lowest BCUT2D eigenvalue weighted by Gasteiger charge is -2.11. The van der Waals surface area contributed by atoms with Gasteiger partial charge < -0.3 is 10.6 Å². The van der Waals surface area contributed by atoms with Crippen LogP contribution in [-0.2, 0) is 4.79 Å². The van der Waals surface area contributed by atoms with Gasteiger partial charge in [0.1, 0.15) is 12.0 Å². The Morgan fingerprint density at radius 3 is 2.52 bits per heavy atom. The number of hydrogen-bond donors (Lipinski definition) is 2. The molecule has 1 aromatic heterocycles. The van der Waals surface area contributed by atoms with E-state index < -0.39 is 11.8 Å². The minimum absolute atomic E-state index is 0.0429. The summed E-state index contributed by atoms with van der Waals surface area (Å²) in [6.07, 6.45) is 6.68. The molecule has 2 aromatic carbocycles. The van der Waals surface area contributed by atoms with E-state index in [1.807, 2.05) is 0 Å². The summed E-state index contributed by atoms with van der Waals surface area (Å²) in [7, 11) is 0. The van der Waals surface area contributed by atoms with Crippen LogP contribution < -0.4 is 10.6 Å². The lowest BCUT2D eigenvalue weighted by atomic mass is 10.1. The molecule has 166 valence electrons. The summed E-state index contributed by atoms with van der Waals surface area (Å²) in [6, 6.07) is 15.0. The van der Waals surface area contributed by atoms with Gasteiger partial charge in [-0.25, -0.2) is 4.98 Å². The van der Waals surface area contributed by atoms with Gasteiger partial charge >= 0.3 is 0 Å². The number of amides is 2. The third-order valence-electron chi connectivity index (χ3n) is 4.54. The van der Waals surface area contributed by atoms with E-state index in [1.165, 1.54) is 23.2 Å². The number of hydrogen-bond acceptors (Lipinski definition) is 5. The van der Waals surface area contributed by atoms with Gasteiger partial charge in [0.15, 0.2) is 0 Å². The van der Waals surface area contributed by atoms with E-state index in [-0.39, 0.29) is 24.6 Å². The molecule has 0 aliphatic heterocycles. The van der Waals surface area contributed by atoms with Crippen molar-refractivity contribution in [3.63, 3.8) is 0 Å². The van der Waals surface area contributed by atoms with Crippen molar-refractivity contribution in [3.8, 4) is 0 Å². The lowest BCUT2D eigenvalue weighted by molar-refractivity contribution is -0.117. The van der Waals surface area contributed by atoms with Gasteiger partial charge in [-0.15, -0.1) is 0 Å². The summed E-state index contributed by atoms with van der Waals surface area (Å²) in [5, 5.41) is 8.88. The molecule has 2 amide bonds. The summed E-state index contributed by atoms with van der Waals surface area (Å²) >= 11 is 0. The summed E-state index contributed by atoms with van der Waals surface area (Å²) in [4.78, 5) is 44.0. The second-order valence-electron chi connectivity index (χ2n) is 6.88. The number of nitrogens with one attached hydrogen (secondary N) is 2. The fourth-order valence-electron chi connectivity index (χ4n) is 2.87. The molecule has 0 saturated heterocycles. The fourth-order valence-corrected chi connectivity index (χ4v) is 2.87. The fraction of sp³-hybridized carbons (Fsp3) is 0.130. The van der Waals surface area contributed by atoms with Gasteiger partial charge in [-0.05, 0) is 35.7 Å². The maximum Gasteiger partial charge on any atom is 0.267 e. The highest BCUT2D eigenvalue weighted by Gasteiger charge is 2.14. The zero-order chi connectivity index (χ0) is 23.5. The third-order valence-corrected chi connectivity index (χ3v) is 4.54. The molecule has 3 rings (SSSR count).